The lowest BCUT2D eigenvalue weighted by Crippen LogP contribution is -2.23. The topological polar surface area (TPSA) is 92.4 Å². The van der Waals surface area contributed by atoms with E-state index in [0.29, 0.717) is 11.3 Å². The Labute approximate surface area is 138 Å². The smallest absolute Gasteiger partial charge is 0.323 e. The van der Waals surface area contributed by atoms with Gasteiger partial charge in [0, 0.05) is 29.2 Å². The van der Waals surface area contributed by atoms with Gasteiger partial charge in [-0.15, -0.1) is 0 Å². The minimum atomic E-state index is -0.913. The fourth-order valence-electron chi connectivity index (χ4n) is 3.07. The quantitative estimate of drug-likeness (QED) is 0.592. The molecule has 4 rings (SSSR count). The number of esters is 1. The molecule has 7 heteroatoms. The number of carbonyl (C=O) groups is 2. The number of hydrogen-bond acceptors (Lipinski definition) is 6. The largest absolute Gasteiger partial charge is 0.465 e. The van der Waals surface area contributed by atoms with E-state index in [9.17, 15) is 9.59 Å². The van der Waals surface area contributed by atoms with Crippen molar-refractivity contribution < 1.29 is 14.3 Å². The molecule has 24 heavy (non-hydrogen) atoms. The first kappa shape index (κ1) is 14.5. The Bertz CT molecular complexity index is 822. The zero-order chi connectivity index (χ0) is 16.7. The minimum absolute atomic E-state index is 0.104. The molecule has 0 saturated heterocycles. The molecule has 1 amide bonds. The first-order valence-corrected chi connectivity index (χ1v) is 7.76. The predicted octanol–water partition coefficient (Wildman–Crippen LogP) is 2.22. The van der Waals surface area contributed by atoms with Crippen LogP contribution in [0.2, 0.25) is 0 Å². The van der Waals surface area contributed by atoms with Gasteiger partial charge in [0.25, 0.3) is 0 Å². The lowest BCUT2D eigenvalue weighted by Gasteiger charge is -2.11. The second kappa shape index (κ2) is 5.52. The van der Waals surface area contributed by atoms with Crippen LogP contribution in [-0.2, 0) is 14.3 Å². The summed E-state index contributed by atoms with van der Waals surface area (Å²) in [6, 6.07) is 7.51. The number of hydrogen-bond donors (Lipinski definition) is 3. The van der Waals surface area contributed by atoms with Gasteiger partial charge in [-0.1, -0.05) is 6.07 Å². The van der Waals surface area contributed by atoms with Crippen LogP contribution in [0.15, 0.2) is 36.7 Å². The third-order valence-corrected chi connectivity index (χ3v) is 4.16. The van der Waals surface area contributed by atoms with Gasteiger partial charge in [0.15, 0.2) is 5.92 Å². The third kappa shape index (κ3) is 2.25. The highest BCUT2D eigenvalue weighted by atomic mass is 16.5. The van der Waals surface area contributed by atoms with Crippen molar-refractivity contribution in [3.63, 3.8) is 0 Å². The summed E-state index contributed by atoms with van der Waals surface area (Å²) in [7, 11) is 0. The summed E-state index contributed by atoms with van der Waals surface area (Å²) in [5.74, 6) is -1.79. The van der Waals surface area contributed by atoms with Gasteiger partial charge in [0.05, 0.1) is 18.0 Å². The van der Waals surface area contributed by atoms with E-state index >= 15 is 0 Å². The second-order valence-corrected chi connectivity index (χ2v) is 5.67. The highest BCUT2D eigenvalue weighted by molar-refractivity contribution is 6.15. The van der Waals surface area contributed by atoms with Crippen molar-refractivity contribution in [3.05, 3.63) is 47.8 Å². The first-order valence-electron chi connectivity index (χ1n) is 7.76. The number of fused-ring (bicyclic) bond motifs is 2. The highest BCUT2D eigenvalue weighted by Gasteiger charge is 2.39. The number of ether oxygens (including phenoxy) is 1. The Balaban J connectivity index is 1.65. The van der Waals surface area contributed by atoms with Crippen molar-refractivity contribution in [1.29, 1.82) is 0 Å². The number of aromatic nitrogens is 1. The maximum absolute atomic E-state index is 12.1. The Hall–Kier alpha value is -3.09. The summed E-state index contributed by atoms with van der Waals surface area (Å²) in [5.41, 5.74) is 3.98. The normalized spacial score (nSPS) is 20.5. The molecule has 0 saturated carbocycles. The van der Waals surface area contributed by atoms with Gasteiger partial charge in [-0.2, -0.15) is 0 Å². The van der Waals surface area contributed by atoms with Gasteiger partial charge in [-0.3, -0.25) is 14.6 Å². The molecule has 0 fully saturated rings. The molecule has 2 aromatic rings. The maximum atomic E-state index is 12.1. The first-order chi connectivity index (χ1) is 11.7. The van der Waals surface area contributed by atoms with Crippen LogP contribution in [-0.4, -0.2) is 23.5 Å². The number of nitrogens with zero attached hydrogens (tertiary/aromatic N) is 1. The molecule has 0 aliphatic carbocycles. The summed E-state index contributed by atoms with van der Waals surface area (Å²) >= 11 is 0. The molecular weight excluding hydrogens is 308 g/mol. The number of amides is 1. The SMILES string of the molecule is CCOC(=O)C1C(=O)Nc2cc3c(cc21)NC(c1cccnc1)N3. The van der Waals surface area contributed by atoms with Gasteiger partial charge < -0.3 is 20.7 Å². The van der Waals surface area contributed by atoms with Crippen molar-refractivity contribution in [2.45, 2.75) is 19.0 Å². The molecule has 2 aliphatic rings. The van der Waals surface area contributed by atoms with Gasteiger partial charge in [-0.05, 0) is 25.1 Å². The second-order valence-electron chi connectivity index (χ2n) is 5.67. The Morgan fingerprint density at radius 2 is 2.04 bits per heavy atom. The molecule has 3 N–H and O–H groups in total. The van der Waals surface area contributed by atoms with E-state index in [4.69, 9.17) is 4.74 Å². The molecular formula is C17H16N4O3. The summed E-state index contributed by atoms with van der Waals surface area (Å²) in [4.78, 5) is 28.3. The van der Waals surface area contributed by atoms with Crippen LogP contribution in [0.1, 0.15) is 30.1 Å². The van der Waals surface area contributed by atoms with Crippen molar-refractivity contribution in [2.75, 3.05) is 22.6 Å². The summed E-state index contributed by atoms with van der Waals surface area (Å²) in [6.07, 6.45) is 3.40. The number of rotatable bonds is 3. The average Bonchev–Trinajstić information content (AvgIpc) is 3.12. The maximum Gasteiger partial charge on any atom is 0.323 e. The number of pyridine rings is 1. The number of benzene rings is 1. The zero-order valence-electron chi connectivity index (χ0n) is 13.0. The van der Waals surface area contributed by atoms with E-state index in [-0.39, 0.29) is 18.7 Å². The van der Waals surface area contributed by atoms with E-state index in [1.165, 1.54) is 0 Å². The molecule has 3 heterocycles. The van der Waals surface area contributed by atoms with Crippen LogP contribution in [0.3, 0.4) is 0 Å². The molecule has 0 bridgehead atoms. The third-order valence-electron chi connectivity index (χ3n) is 4.16. The van der Waals surface area contributed by atoms with E-state index in [1.54, 1.807) is 19.3 Å². The number of nitrogens with one attached hydrogen (secondary N) is 3. The van der Waals surface area contributed by atoms with Crippen LogP contribution < -0.4 is 16.0 Å². The van der Waals surface area contributed by atoms with Gasteiger partial charge in [0.2, 0.25) is 5.91 Å². The van der Waals surface area contributed by atoms with Crippen LogP contribution >= 0.6 is 0 Å². The van der Waals surface area contributed by atoms with E-state index in [1.807, 2.05) is 24.3 Å². The van der Waals surface area contributed by atoms with Crippen molar-refractivity contribution in [1.82, 2.24) is 4.98 Å². The molecule has 2 atom stereocenters. The van der Waals surface area contributed by atoms with Crippen molar-refractivity contribution >= 4 is 28.9 Å². The van der Waals surface area contributed by atoms with Crippen LogP contribution in [0.25, 0.3) is 0 Å². The minimum Gasteiger partial charge on any atom is -0.465 e. The van der Waals surface area contributed by atoms with Crippen LogP contribution in [0.4, 0.5) is 17.1 Å². The molecule has 7 nitrogen and oxygen atoms in total. The van der Waals surface area contributed by atoms with Crippen molar-refractivity contribution in [3.8, 4) is 0 Å². The summed E-state index contributed by atoms with van der Waals surface area (Å²) in [5, 5.41) is 9.44. The molecule has 2 unspecified atom stereocenters. The molecule has 1 aromatic carbocycles. The molecule has 0 spiro atoms. The Morgan fingerprint density at radius 3 is 2.75 bits per heavy atom. The van der Waals surface area contributed by atoms with Gasteiger partial charge in [-0.25, -0.2) is 0 Å². The van der Waals surface area contributed by atoms with E-state index in [0.717, 1.165) is 16.9 Å². The van der Waals surface area contributed by atoms with Crippen LogP contribution in [0.5, 0.6) is 0 Å². The predicted molar refractivity (Wildman–Crippen MR) is 88.7 cm³/mol. The monoisotopic (exact) mass is 324 g/mol. The number of carbonyl (C=O) groups excluding carboxylic acids is 2. The van der Waals surface area contributed by atoms with Gasteiger partial charge in [0.1, 0.15) is 6.17 Å². The standard InChI is InChI=1S/C17H16N4O3/c1-2-24-17(23)14-10-6-12-13(7-11(10)21-16(14)22)20-15(19-12)9-4-3-5-18-8-9/h3-8,14-15,19-20H,2H2,1H3,(H,21,22). The number of anilines is 3. The van der Waals surface area contributed by atoms with Gasteiger partial charge >= 0.3 is 5.97 Å². The van der Waals surface area contributed by atoms with E-state index in [2.05, 4.69) is 20.9 Å². The fourth-order valence-corrected chi connectivity index (χ4v) is 3.07. The highest BCUT2D eigenvalue weighted by Crippen LogP contribution is 2.43. The molecule has 0 radical (unpaired) electrons. The van der Waals surface area contributed by atoms with Crippen molar-refractivity contribution in [2.24, 2.45) is 0 Å². The Morgan fingerprint density at radius 1 is 1.25 bits per heavy atom. The summed E-state index contributed by atoms with van der Waals surface area (Å²) < 4.78 is 5.02. The molecule has 2 aliphatic heterocycles. The summed E-state index contributed by atoms with van der Waals surface area (Å²) in [6.45, 7) is 1.96. The fraction of sp³-hybridized carbons (Fsp3) is 0.235. The molecule has 122 valence electrons. The van der Waals surface area contributed by atoms with Crippen LogP contribution in [0, 0.1) is 0 Å². The zero-order valence-corrected chi connectivity index (χ0v) is 13.0. The Kier molecular flexibility index (Phi) is 3.34. The lowest BCUT2D eigenvalue weighted by atomic mass is 10.00. The average molecular weight is 324 g/mol. The molecule has 1 aromatic heterocycles. The van der Waals surface area contributed by atoms with E-state index < -0.39 is 11.9 Å². The lowest BCUT2D eigenvalue weighted by molar-refractivity contribution is -0.147.